The van der Waals surface area contributed by atoms with Crippen molar-refractivity contribution in [3.63, 3.8) is 0 Å². The molecular weight excluding hydrogens is 515 g/mol. The molecule has 2 heterocycles. The number of urea groups is 1. The molecule has 1 saturated carbocycles. The molecule has 10 heteroatoms. The molecule has 2 aliphatic rings. The van der Waals surface area contributed by atoms with Gasteiger partial charge in [-0.15, -0.1) is 10.2 Å². The Balaban J connectivity index is 1.39. The molecule has 0 spiro atoms. The molecule has 1 unspecified atom stereocenters. The van der Waals surface area contributed by atoms with Gasteiger partial charge in [-0.3, -0.25) is 10.1 Å². The van der Waals surface area contributed by atoms with Gasteiger partial charge < -0.3 is 15.1 Å². The fourth-order valence-corrected chi connectivity index (χ4v) is 6.68. The largest absolute Gasteiger partial charge is 0.343 e. The van der Waals surface area contributed by atoms with Crippen LogP contribution < -0.4 is 10.6 Å². The average Bonchev–Trinajstić information content (AvgIpc) is 3.35. The minimum absolute atomic E-state index is 0.00842. The van der Waals surface area contributed by atoms with Crippen LogP contribution in [0.2, 0.25) is 0 Å². The number of nitrogens with one attached hydrogen (secondary N) is 2. The summed E-state index contributed by atoms with van der Waals surface area (Å²) in [4.78, 5) is 29.5. The van der Waals surface area contributed by atoms with E-state index in [0.717, 1.165) is 63.2 Å². The average molecular weight is 559 g/mol. The van der Waals surface area contributed by atoms with Gasteiger partial charge in [-0.2, -0.15) is 0 Å². The lowest BCUT2D eigenvalue weighted by molar-refractivity contribution is -0.130. The highest BCUT2D eigenvalue weighted by Crippen LogP contribution is 2.31. The van der Waals surface area contributed by atoms with Crippen molar-refractivity contribution in [2.45, 2.75) is 83.7 Å². The number of likely N-dealkylation sites (tertiary alicyclic amines) is 1. The fraction of sp³-hybridized carbons (Fsp3) is 0.655. The van der Waals surface area contributed by atoms with Gasteiger partial charge in [-0.25, -0.2) is 9.18 Å². The topological polar surface area (TPSA) is 90.5 Å². The number of piperidine rings is 1. The van der Waals surface area contributed by atoms with Crippen LogP contribution >= 0.6 is 11.3 Å². The Morgan fingerprint density at radius 2 is 1.90 bits per heavy atom. The zero-order chi connectivity index (χ0) is 28.2. The maximum atomic E-state index is 13.4. The van der Waals surface area contributed by atoms with Gasteiger partial charge in [-0.1, -0.05) is 44.2 Å². The zero-order valence-electron chi connectivity index (χ0n) is 23.9. The Kier molecular flexibility index (Phi) is 9.59. The Labute approximate surface area is 235 Å². The van der Waals surface area contributed by atoms with Crippen LogP contribution in [0, 0.1) is 17.7 Å². The minimum Gasteiger partial charge on any atom is -0.343 e. The van der Waals surface area contributed by atoms with Crippen molar-refractivity contribution in [2.24, 2.45) is 11.8 Å². The van der Waals surface area contributed by atoms with Crippen LogP contribution in [0.5, 0.6) is 0 Å². The van der Waals surface area contributed by atoms with Crippen LogP contribution in [-0.2, 0) is 16.6 Å². The number of nitrogens with zero attached hydrogens (tertiary/aromatic N) is 4. The summed E-state index contributed by atoms with van der Waals surface area (Å²) in [5.74, 6) is 0.619. The first-order valence-corrected chi connectivity index (χ1v) is 14.9. The van der Waals surface area contributed by atoms with Gasteiger partial charge in [0, 0.05) is 44.6 Å². The molecule has 1 aliphatic carbocycles. The van der Waals surface area contributed by atoms with Crippen molar-refractivity contribution in [1.29, 1.82) is 0 Å². The predicted molar refractivity (Wildman–Crippen MR) is 153 cm³/mol. The first-order chi connectivity index (χ1) is 18.5. The van der Waals surface area contributed by atoms with Crippen molar-refractivity contribution in [1.82, 2.24) is 25.3 Å². The van der Waals surface area contributed by atoms with Crippen molar-refractivity contribution in [3.8, 4) is 0 Å². The highest BCUT2D eigenvalue weighted by molar-refractivity contribution is 7.15. The molecule has 2 aromatic rings. The molecule has 39 heavy (non-hydrogen) atoms. The van der Waals surface area contributed by atoms with E-state index in [2.05, 4.69) is 46.5 Å². The first kappa shape index (κ1) is 29.4. The maximum absolute atomic E-state index is 13.4. The van der Waals surface area contributed by atoms with Gasteiger partial charge in [0.05, 0.1) is 0 Å². The minimum atomic E-state index is -0.257. The Bertz CT molecular complexity index is 1120. The molecular formula is C29H43FN6O2S. The van der Waals surface area contributed by atoms with E-state index in [1.54, 1.807) is 6.92 Å². The van der Waals surface area contributed by atoms with E-state index in [9.17, 15) is 14.0 Å². The summed E-state index contributed by atoms with van der Waals surface area (Å²) >= 11 is 1.40. The maximum Gasteiger partial charge on any atom is 0.321 e. The van der Waals surface area contributed by atoms with E-state index in [-0.39, 0.29) is 41.2 Å². The van der Waals surface area contributed by atoms with Crippen LogP contribution in [0.15, 0.2) is 24.3 Å². The Hall–Kier alpha value is -2.59. The first-order valence-electron chi connectivity index (χ1n) is 14.1. The predicted octanol–water partition coefficient (Wildman–Crippen LogP) is 5.07. The lowest BCUT2D eigenvalue weighted by Gasteiger charge is -2.43. The van der Waals surface area contributed by atoms with E-state index in [4.69, 9.17) is 0 Å². The number of amides is 3. The van der Waals surface area contributed by atoms with Crippen LogP contribution in [0.25, 0.3) is 0 Å². The normalized spacial score (nSPS) is 24.3. The van der Waals surface area contributed by atoms with Crippen molar-refractivity contribution >= 4 is 28.4 Å². The molecule has 1 aromatic carbocycles. The van der Waals surface area contributed by atoms with E-state index in [0.29, 0.717) is 11.0 Å². The highest BCUT2D eigenvalue weighted by Gasteiger charge is 2.36. The molecule has 214 valence electrons. The fourth-order valence-electron chi connectivity index (χ4n) is 5.89. The lowest BCUT2D eigenvalue weighted by Crippen LogP contribution is -2.53. The second-order valence-electron chi connectivity index (χ2n) is 12.3. The lowest BCUT2D eigenvalue weighted by atomic mass is 9.80. The SMILES string of the molecule is CC(=O)N(C)[C@@H]1CCC(NC(=O)Nc2nnc(C(C)(C)C)s2)[C@H](CN2CCC[C@@H](Cc3ccc(F)cc3)C2)C1. The molecule has 4 rings (SSSR count). The van der Waals surface area contributed by atoms with Crippen LogP contribution in [0.4, 0.5) is 14.3 Å². The summed E-state index contributed by atoms with van der Waals surface area (Å²) in [6.45, 7) is 10.7. The summed E-state index contributed by atoms with van der Waals surface area (Å²) in [6, 6.07) is 6.78. The van der Waals surface area contributed by atoms with E-state index < -0.39 is 0 Å². The van der Waals surface area contributed by atoms with Crippen LogP contribution in [-0.4, -0.2) is 70.7 Å². The number of benzene rings is 1. The van der Waals surface area contributed by atoms with E-state index in [1.807, 2.05) is 24.1 Å². The van der Waals surface area contributed by atoms with Gasteiger partial charge in [0.1, 0.15) is 10.8 Å². The van der Waals surface area contributed by atoms with Crippen LogP contribution in [0.1, 0.15) is 70.4 Å². The third kappa shape index (κ3) is 8.20. The van der Waals surface area contributed by atoms with Gasteiger partial charge in [-0.05, 0) is 74.6 Å². The Morgan fingerprint density at radius 3 is 2.56 bits per heavy atom. The standard InChI is InChI=1S/C29H43FN6O2S/c1-19(37)35(5)24-12-13-25(31-27(38)32-28-34-33-26(39-28)29(2,3)4)22(16-24)18-36-14-6-7-21(17-36)15-20-8-10-23(30)11-9-20/h8-11,21-22,24-25H,6-7,12-18H2,1-5H3,(H2,31,32,34,38)/t21-,22-,24+,25?/m0/s1. The summed E-state index contributed by atoms with van der Waals surface area (Å²) < 4.78 is 13.4. The van der Waals surface area contributed by atoms with Gasteiger partial charge in [0.2, 0.25) is 11.0 Å². The second kappa shape index (κ2) is 12.7. The highest BCUT2D eigenvalue weighted by atomic mass is 32.1. The number of hydrogen-bond donors (Lipinski definition) is 2. The van der Waals surface area contributed by atoms with Crippen molar-refractivity contribution in [2.75, 3.05) is 32.0 Å². The number of hydrogen-bond acceptors (Lipinski definition) is 6. The number of aromatic nitrogens is 2. The summed E-state index contributed by atoms with van der Waals surface area (Å²) in [6.07, 6.45) is 5.76. The summed E-state index contributed by atoms with van der Waals surface area (Å²) in [5, 5.41) is 15.9. The monoisotopic (exact) mass is 558 g/mol. The van der Waals surface area contributed by atoms with Crippen LogP contribution in [0.3, 0.4) is 0 Å². The molecule has 1 aliphatic heterocycles. The van der Waals surface area contributed by atoms with Gasteiger partial charge >= 0.3 is 6.03 Å². The zero-order valence-corrected chi connectivity index (χ0v) is 24.7. The molecule has 1 saturated heterocycles. The third-order valence-electron chi connectivity index (χ3n) is 8.14. The number of anilines is 1. The van der Waals surface area contributed by atoms with E-state index >= 15 is 0 Å². The summed E-state index contributed by atoms with van der Waals surface area (Å²) in [7, 11) is 1.88. The van der Waals surface area contributed by atoms with Gasteiger partial charge in [0.15, 0.2) is 0 Å². The quantitative estimate of drug-likeness (QED) is 0.496. The van der Waals surface area contributed by atoms with Gasteiger partial charge in [0.25, 0.3) is 0 Å². The number of carbonyl (C=O) groups is 2. The molecule has 8 nitrogen and oxygen atoms in total. The molecule has 1 aromatic heterocycles. The molecule has 2 fully saturated rings. The molecule has 2 N–H and O–H groups in total. The Morgan fingerprint density at radius 1 is 1.15 bits per heavy atom. The smallest absolute Gasteiger partial charge is 0.321 e. The van der Waals surface area contributed by atoms with Crippen molar-refractivity contribution in [3.05, 3.63) is 40.7 Å². The second-order valence-corrected chi connectivity index (χ2v) is 13.3. The molecule has 3 amide bonds. The third-order valence-corrected chi connectivity index (χ3v) is 9.40. The van der Waals surface area contributed by atoms with E-state index in [1.165, 1.54) is 29.0 Å². The van der Waals surface area contributed by atoms with Crippen molar-refractivity contribution < 1.29 is 14.0 Å². The molecule has 4 atom stereocenters. The summed E-state index contributed by atoms with van der Waals surface area (Å²) in [5.41, 5.74) is 1.05. The number of rotatable bonds is 7. The molecule has 0 radical (unpaired) electrons. The molecule has 0 bridgehead atoms. The number of carbonyl (C=O) groups excluding carboxylic acids is 2. The number of halogens is 1.